The molecule has 180 valence electrons. The van der Waals surface area contributed by atoms with Crippen molar-refractivity contribution in [3.8, 4) is 44.9 Å². The van der Waals surface area contributed by atoms with Crippen LogP contribution in [0.2, 0.25) is 0 Å². The van der Waals surface area contributed by atoms with Crippen LogP contribution in [0.1, 0.15) is 0 Å². The number of ether oxygens (including phenoxy) is 1. The summed E-state index contributed by atoms with van der Waals surface area (Å²) in [4.78, 5) is 0. The second-order valence-corrected chi connectivity index (χ2v) is 10.5. The zero-order chi connectivity index (χ0) is 25.5. The van der Waals surface area contributed by atoms with E-state index in [9.17, 15) is 0 Å². The second kappa shape index (κ2) is 7.69. The van der Waals surface area contributed by atoms with Gasteiger partial charge in [-0.2, -0.15) is 0 Å². The molecule has 1 aliphatic rings. The van der Waals surface area contributed by atoms with E-state index in [4.69, 9.17) is 4.74 Å². The maximum Gasteiger partial charge on any atom is 0.135 e. The van der Waals surface area contributed by atoms with E-state index < -0.39 is 0 Å². The molecular formula is C38H22O. The van der Waals surface area contributed by atoms with Crippen molar-refractivity contribution in [3.05, 3.63) is 133 Å². The predicted molar refractivity (Wildman–Crippen MR) is 164 cm³/mol. The van der Waals surface area contributed by atoms with Gasteiger partial charge in [-0.15, -0.1) is 0 Å². The van der Waals surface area contributed by atoms with Crippen LogP contribution in [0.4, 0.5) is 0 Å². The van der Waals surface area contributed by atoms with Crippen LogP contribution in [-0.4, -0.2) is 0 Å². The molecule has 1 heteroatoms. The van der Waals surface area contributed by atoms with E-state index >= 15 is 0 Å². The Morgan fingerprint density at radius 2 is 0.974 bits per heavy atom. The highest BCUT2D eigenvalue weighted by Gasteiger charge is 2.21. The Hall–Kier alpha value is -5.14. The van der Waals surface area contributed by atoms with Crippen molar-refractivity contribution < 1.29 is 4.74 Å². The normalized spacial score (nSPS) is 12.3. The highest BCUT2D eigenvalue weighted by atomic mass is 16.5. The van der Waals surface area contributed by atoms with E-state index in [-0.39, 0.29) is 0 Å². The first kappa shape index (κ1) is 20.9. The van der Waals surface area contributed by atoms with Crippen LogP contribution >= 0.6 is 0 Å². The molecule has 0 bridgehead atoms. The van der Waals surface area contributed by atoms with Crippen molar-refractivity contribution in [2.24, 2.45) is 0 Å². The Bertz CT molecular complexity index is 2240. The fraction of sp³-hybridized carbons (Fsp3) is 0. The number of rotatable bonds is 2. The second-order valence-electron chi connectivity index (χ2n) is 10.5. The van der Waals surface area contributed by atoms with Gasteiger partial charge in [0.05, 0.1) is 0 Å². The molecule has 0 unspecified atom stereocenters. The van der Waals surface area contributed by atoms with Crippen LogP contribution in [-0.2, 0) is 0 Å². The van der Waals surface area contributed by atoms with Crippen molar-refractivity contribution >= 4 is 43.1 Å². The van der Waals surface area contributed by atoms with Crippen molar-refractivity contribution in [2.75, 3.05) is 0 Å². The van der Waals surface area contributed by atoms with Crippen LogP contribution in [0, 0.1) is 0 Å². The van der Waals surface area contributed by atoms with E-state index in [0.29, 0.717) is 0 Å². The molecule has 0 aliphatic carbocycles. The van der Waals surface area contributed by atoms with Gasteiger partial charge in [-0.25, -0.2) is 0 Å². The molecule has 0 fully saturated rings. The summed E-state index contributed by atoms with van der Waals surface area (Å²) in [6, 6.07) is 48.4. The number of hydrogen-bond acceptors (Lipinski definition) is 1. The van der Waals surface area contributed by atoms with Gasteiger partial charge < -0.3 is 4.74 Å². The maximum atomic E-state index is 6.38. The molecule has 9 rings (SSSR count). The molecule has 0 spiro atoms. The highest BCUT2D eigenvalue weighted by molar-refractivity contribution is 6.27. The maximum absolute atomic E-state index is 6.38. The number of hydrogen-bond donors (Lipinski definition) is 0. The molecule has 0 aromatic heterocycles. The van der Waals surface area contributed by atoms with Crippen LogP contribution in [0.5, 0.6) is 11.5 Å². The fourth-order valence-corrected chi connectivity index (χ4v) is 6.65. The number of benzene rings is 8. The van der Waals surface area contributed by atoms with E-state index in [0.717, 1.165) is 17.1 Å². The van der Waals surface area contributed by atoms with Crippen molar-refractivity contribution in [2.45, 2.75) is 0 Å². The van der Waals surface area contributed by atoms with Gasteiger partial charge in [0.15, 0.2) is 0 Å². The molecule has 1 aliphatic heterocycles. The molecule has 0 atom stereocenters. The van der Waals surface area contributed by atoms with Crippen LogP contribution < -0.4 is 4.74 Å². The number of fused-ring (bicyclic) bond motifs is 2. The molecule has 0 amide bonds. The Kier molecular flexibility index (Phi) is 4.11. The standard InChI is InChI=1S/C38H22O/c1-2-6-23(7-3-1)28-17-12-25-15-20-32-29(18-13-26-14-19-31(28)37(25)38(26)32)27-16-21-34-33(22-27)30-10-4-8-24-9-5-11-35(39-34)36(24)30/h1-22H. The summed E-state index contributed by atoms with van der Waals surface area (Å²) in [5.41, 5.74) is 7.36. The zero-order valence-corrected chi connectivity index (χ0v) is 21.1. The first-order valence-electron chi connectivity index (χ1n) is 13.4. The Morgan fingerprint density at radius 3 is 1.72 bits per heavy atom. The smallest absolute Gasteiger partial charge is 0.135 e. The van der Waals surface area contributed by atoms with Crippen LogP contribution in [0.25, 0.3) is 76.5 Å². The summed E-state index contributed by atoms with van der Waals surface area (Å²) in [7, 11) is 0. The lowest BCUT2D eigenvalue weighted by Gasteiger charge is -2.22. The molecule has 39 heavy (non-hydrogen) atoms. The lowest BCUT2D eigenvalue weighted by Crippen LogP contribution is -1.97. The molecule has 1 nitrogen and oxygen atoms in total. The summed E-state index contributed by atoms with van der Waals surface area (Å²) < 4.78 is 6.38. The summed E-state index contributed by atoms with van der Waals surface area (Å²) in [6.45, 7) is 0. The van der Waals surface area contributed by atoms with Gasteiger partial charge in [0.25, 0.3) is 0 Å². The lowest BCUT2D eigenvalue weighted by molar-refractivity contribution is 0.487. The first-order valence-corrected chi connectivity index (χ1v) is 13.4. The van der Waals surface area contributed by atoms with Gasteiger partial charge in [0.1, 0.15) is 11.5 Å². The van der Waals surface area contributed by atoms with Crippen LogP contribution in [0.3, 0.4) is 0 Å². The quantitative estimate of drug-likeness (QED) is 0.217. The minimum absolute atomic E-state index is 0.912. The van der Waals surface area contributed by atoms with E-state index in [2.05, 4.69) is 133 Å². The Balaban J connectivity index is 1.31. The van der Waals surface area contributed by atoms with Crippen molar-refractivity contribution in [1.29, 1.82) is 0 Å². The Morgan fingerprint density at radius 1 is 0.333 bits per heavy atom. The summed E-state index contributed by atoms with van der Waals surface area (Å²) >= 11 is 0. The molecule has 1 heterocycles. The van der Waals surface area contributed by atoms with Gasteiger partial charge in [-0.1, -0.05) is 115 Å². The summed E-state index contributed by atoms with van der Waals surface area (Å²) in [6.07, 6.45) is 0. The van der Waals surface area contributed by atoms with Crippen LogP contribution in [0.15, 0.2) is 133 Å². The molecule has 0 radical (unpaired) electrons. The minimum Gasteiger partial charge on any atom is -0.456 e. The third-order valence-corrected chi connectivity index (χ3v) is 8.42. The fourth-order valence-electron chi connectivity index (χ4n) is 6.65. The molecule has 0 saturated heterocycles. The average molecular weight is 495 g/mol. The van der Waals surface area contributed by atoms with Gasteiger partial charge in [0.2, 0.25) is 0 Å². The van der Waals surface area contributed by atoms with E-state index in [1.807, 2.05) is 0 Å². The van der Waals surface area contributed by atoms with Crippen molar-refractivity contribution in [3.63, 3.8) is 0 Å². The molecule has 8 aromatic carbocycles. The van der Waals surface area contributed by atoms with E-state index in [1.165, 1.54) is 70.9 Å². The molecular weight excluding hydrogens is 472 g/mol. The molecule has 8 aromatic rings. The molecule has 0 saturated carbocycles. The third-order valence-electron chi connectivity index (χ3n) is 8.42. The van der Waals surface area contributed by atoms with Gasteiger partial charge in [0, 0.05) is 10.9 Å². The summed E-state index contributed by atoms with van der Waals surface area (Å²) in [5.74, 6) is 1.84. The topological polar surface area (TPSA) is 9.23 Å². The largest absolute Gasteiger partial charge is 0.456 e. The van der Waals surface area contributed by atoms with Gasteiger partial charge >= 0.3 is 0 Å². The first-order chi connectivity index (χ1) is 19.3. The lowest BCUT2D eigenvalue weighted by atomic mass is 9.86. The monoisotopic (exact) mass is 494 g/mol. The minimum atomic E-state index is 0.912. The summed E-state index contributed by atoms with van der Waals surface area (Å²) in [5, 5.41) is 10.2. The van der Waals surface area contributed by atoms with Gasteiger partial charge in [-0.05, 0) is 83.7 Å². The third kappa shape index (κ3) is 2.90. The SMILES string of the molecule is c1ccc(-c2ccc3ccc4c(-c5ccc6c(c5)-c5cccc7cccc(c57)O6)ccc5ccc2c3c54)cc1. The average Bonchev–Trinajstić information content (AvgIpc) is 3.00. The predicted octanol–water partition coefficient (Wildman–Crippen LogP) is 10.8. The van der Waals surface area contributed by atoms with Crippen molar-refractivity contribution in [1.82, 2.24) is 0 Å². The van der Waals surface area contributed by atoms with Gasteiger partial charge in [-0.3, -0.25) is 0 Å². The zero-order valence-electron chi connectivity index (χ0n) is 21.1. The highest BCUT2D eigenvalue weighted by Crippen LogP contribution is 2.48. The Labute approximate surface area is 225 Å². The molecule has 0 N–H and O–H groups in total. The van der Waals surface area contributed by atoms with E-state index in [1.54, 1.807) is 0 Å².